The average molecular weight is 302 g/mol. The number of ether oxygens (including phenoxy) is 1. The minimum Gasteiger partial charge on any atom is -0.496 e. The largest absolute Gasteiger partial charge is 0.496 e. The second kappa shape index (κ2) is 5.40. The van der Waals surface area contributed by atoms with E-state index in [1.165, 1.54) is 0 Å². The number of hydrogen-bond donors (Lipinski definition) is 0. The first-order valence-corrected chi connectivity index (χ1v) is 6.46. The zero-order valence-corrected chi connectivity index (χ0v) is 12.2. The molecule has 0 saturated heterocycles. The standard InChI is InChI=1S/C14H11Cl3O/c1-8-5-9(3-4-13(8)18-2)14-11(16)6-10(15)7-12(14)17/h3-7H,1-2H3. The van der Waals surface area contributed by atoms with Crippen molar-refractivity contribution in [3.05, 3.63) is 51.0 Å². The molecule has 0 heterocycles. The molecular formula is C14H11Cl3O. The molecule has 0 atom stereocenters. The van der Waals surface area contributed by atoms with Crippen molar-refractivity contribution in [3.63, 3.8) is 0 Å². The zero-order valence-electron chi connectivity index (χ0n) is 9.93. The van der Waals surface area contributed by atoms with Crippen molar-refractivity contribution in [1.82, 2.24) is 0 Å². The van der Waals surface area contributed by atoms with E-state index in [-0.39, 0.29) is 0 Å². The van der Waals surface area contributed by atoms with Crippen molar-refractivity contribution in [2.45, 2.75) is 6.92 Å². The molecule has 2 aromatic carbocycles. The summed E-state index contributed by atoms with van der Waals surface area (Å²) in [5, 5.41) is 1.60. The molecule has 4 heteroatoms. The molecule has 2 aromatic rings. The summed E-state index contributed by atoms with van der Waals surface area (Å²) in [5.41, 5.74) is 2.76. The molecule has 2 rings (SSSR count). The van der Waals surface area contributed by atoms with Gasteiger partial charge in [-0.05, 0) is 42.3 Å². The summed E-state index contributed by atoms with van der Waals surface area (Å²) in [6, 6.07) is 9.17. The van der Waals surface area contributed by atoms with Gasteiger partial charge >= 0.3 is 0 Å². The van der Waals surface area contributed by atoms with Gasteiger partial charge in [0.1, 0.15) is 5.75 Å². The Morgan fingerprint density at radius 2 is 1.56 bits per heavy atom. The van der Waals surface area contributed by atoms with Crippen LogP contribution in [-0.2, 0) is 0 Å². The highest BCUT2D eigenvalue weighted by Crippen LogP contribution is 2.38. The van der Waals surface area contributed by atoms with Crippen LogP contribution in [0, 0.1) is 6.92 Å². The van der Waals surface area contributed by atoms with Crippen molar-refractivity contribution in [2.75, 3.05) is 7.11 Å². The van der Waals surface area contributed by atoms with Crippen molar-refractivity contribution in [3.8, 4) is 16.9 Å². The van der Waals surface area contributed by atoms with E-state index in [2.05, 4.69) is 0 Å². The SMILES string of the molecule is COc1ccc(-c2c(Cl)cc(Cl)cc2Cl)cc1C. The Morgan fingerprint density at radius 3 is 2.06 bits per heavy atom. The van der Waals surface area contributed by atoms with Crippen LogP contribution >= 0.6 is 34.8 Å². The topological polar surface area (TPSA) is 9.23 Å². The summed E-state index contributed by atoms with van der Waals surface area (Å²) in [6.07, 6.45) is 0. The van der Waals surface area contributed by atoms with Gasteiger partial charge in [-0.15, -0.1) is 0 Å². The fraction of sp³-hybridized carbons (Fsp3) is 0.143. The van der Waals surface area contributed by atoms with E-state index in [1.807, 2.05) is 25.1 Å². The highest BCUT2D eigenvalue weighted by molar-refractivity contribution is 6.41. The second-order valence-electron chi connectivity index (χ2n) is 3.93. The normalized spacial score (nSPS) is 10.5. The third kappa shape index (κ3) is 2.59. The summed E-state index contributed by atoms with van der Waals surface area (Å²) in [7, 11) is 1.64. The number of benzene rings is 2. The molecule has 94 valence electrons. The number of aryl methyl sites for hydroxylation is 1. The quantitative estimate of drug-likeness (QED) is 0.698. The summed E-state index contributed by atoms with van der Waals surface area (Å²) < 4.78 is 5.23. The first-order valence-electron chi connectivity index (χ1n) is 5.32. The Hall–Kier alpha value is -0.890. The molecule has 0 aliphatic rings. The smallest absolute Gasteiger partial charge is 0.121 e. The van der Waals surface area contributed by atoms with Crippen LogP contribution in [-0.4, -0.2) is 7.11 Å². The molecule has 18 heavy (non-hydrogen) atoms. The minimum atomic E-state index is 0.527. The molecule has 0 bridgehead atoms. The molecule has 0 amide bonds. The highest BCUT2D eigenvalue weighted by atomic mass is 35.5. The fourth-order valence-electron chi connectivity index (χ4n) is 1.85. The molecule has 0 aliphatic carbocycles. The summed E-state index contributed by atoms with van der Waals surface area (Å²) >= 11 is 18.3. The predicted octanol–water partition coefficient (Wildman–Crippen LogP) is 5.63. The van der Waals surface area contributed by atoms with E-state index < -0.39 is 0 Å². The van der Waals surface area contributed by atoms with Gasteiger partial charge in [0.25, 0.3) is 0 Å². The van der Waals surface area contributed by atoms with Crippen LogP contribution in [0.1, 0.15) is 5.56 Å². The maximum atomic E-state index is 6.20. The van der Waals surface area contributed by atoms with E-state index in [9.17, 15) is 0 Å². The first kappa shape index (κ1) is 13.5. The van der Waals surface area contributed by atoms with Crippen LogP contribution < -0.4 is 4.74 Å². The number of halogens is 3. The van der Waals surface area contributed by atoms with Gasteiger partial charge in [-0.25, -0.2) is 0 Å². The van der Waals surface area contributed by atoms with E-state index in [1.54, 1.807) is 19.2 Å². The van der Waals surface area contributed by atoms with Crippen LogP contribution in [0.2, 0.25) is 15.1 Å². The lowest BCUT2D eigenvalue weighted by Crippen LogP contribution is -1.89. The Morgan fingerprint density at radius 1 is 0.944 bits per heavy atom. The van der Waals surface area contributed by atoms with Gasteiger partial charge in [-0.2, -0.15) is 0 Å². The number of hydrogen-bond acceptors (Lipinski definition) is 1. The van der Waals surface area contributed by atoms with Crippen molar-refractivity contribution < 1.29 is 4.74 Å². The minimum absolute atomic E-state index is 0.527. The molecule has 0 fully saturated rings. The van der Waals surface area contributed by atoms with Gasteiger partial charge in [0.2, 0.25) is 0 Å². The third-order valence-electron chi connectivity index (χ3n) is 2.69. The Labute approximate surface area is 121 Å². The van der Waals surface area contributed by atoms with Gasteiger partial charge in [-0.1, -0.05) is 40.9 Å². The lowest BCUT2D eigenvalue weighted by molar-refractivity contribution is 0.412. The van der Waals surface area contributed by atoms with Crippen LogP contribution in [0.15, 0.2) is 30.3 Å². The first-order chi connectivity index (χ1) is 8.52. The van der Waals surface area contributed by atoms with E-state index >= 15 is 0 Å². The molecule has 0 N–H and O–H groups in total. The van der Waals surface area contributed by atoms with E-state index in [0.29, 0.717) is 15.1 Å². The van der Waals surface area contributed by atoms with Gasteiger partial charge in [-0.3, -0.25) is 0 Å². The van der Waals surface area contributed by atoms with Crippen molar-refractivity contribution in [2.24, 2.45) is 0 Å². The maximum absolute atomic E-state index is 6.20. The second-order valence-corrected chi connectivity index (χ2v) is 5.18. The van der Waals surface area contributed by atoms with Crippen LogP contribution in [0.25, 0.3) is 11.1 Å². The van der Waals surface area contributed by atoms with E-state index in [0.717, 1.165) is 22.4 Å². The molecule has 1 nitrogen and oxygen atoms in total. The lowest BCUT2D eigenvalue weighted by Gasteiger charge is -2.11. The Kier molecular flexibility index (Phi) is 4.06. The molecular weight excluding hydrogens is 291 g/mol. The lowest BCUT2D eigenvalue weighted by atomic mass is 10.0. The molecule has 0 spiro atoms. The van der Waals surface area contributed by atoms with Crippen molar-refractivity contribution in [1.29, 1.82) is 0 Å². The van der Waals surface area contributed by atoms with E-state index in [4.69, 9.17) is 39.5 Å². The van der Waals surface area contributed by atoms with Gasteiger partial charge in [0.05, 0.1) is 17.2 Å². The van der Waals surface area contributed by atoms with Crippen LogP contribution in [0.4, 0.5) is 0 Å². The molecule has 0 radical (unpaired) electrons. The molecule has 0 saturated carbocycles. The molecule has 0 aliphatic heterocycles. The Balaban J connectivity index is 2.59. The van der Waals surface area contributed by atoms with Crippen molar-refractivity contribution >= 4 is 34.8 Å². The van der Waals surface area contributed by atoms with Gasteiger partial charge < -0.3 is 4.74 Å². The summed E-state index contributed by atoms with van der Waals surface area (Å²) in [6.45, 7) is 1.97. The predicted molar refractivity (Wildman–Crippen MR) is 78.2 cm³/mol. The zero-order chi connectivity index (χ0) is 13.3. The Bertz CT molecular complexity index is 571. The summed E-state index contributed by atoms with van der Waals surface area (Å²) in [4.78, 5) is 0. The van der Waals surface area contributed by atoms with Crippen LogP contribution in [0.5, 0.6) is 5.75 Å². The monoisotopic (exact) mass is 300 g/mol. The highest BCUT2D eigenvalue weighted by Gasteiger charge is 2.11. The number of rotatable bonds is 2. The summed E-state index contributed by atoms with van der Waals surface area (Å²) in [5.74, 6) is 0.833. The third-order valence-corrected chi connectivity index (χ3v) is 3.50. The molecule has 0 unspecified atom stereocenters. The molecule has 0 aromatic heterocycles. The van der Waals surface area contributed by atoms with Gasteiger partial charge in [0, 0.05) is 10.6 Å². The van der Waals surface area contributed by atoms with Gasteiger partial charge in [0.15, 0.2) is 0 Å². The van der Waals surface area contributed by atoms with Crippen LogP contribution in [0.3, 0.4) is 0 Å². The fourth-order valence-corrected chi connectivity index (χ4v) is 2.89. The average Bonchev–Trinajstić information content (AvgIpc) is 2.27. The maximum Gasteiger partial charge on any atom is 0.121 e. The number of methoxy groups -OCH3 is 1.